The topological polar surface area (TPSA) is 51.8 Å². The van der Waals surface area contributed by atoms with Gasteiger partial charge in [0.1, 0.15) is 11.2 Å². The van der Waals surface area contributed by atoms with E-state index in [4.69, 9.17) is 23.5 Å². The van der Waals surface area contributed by atoms with E-state index in [0.29, 0.717) is 54.3 Å². The van der Waals surface area contributed by atoms with E-state index in [1.54, 1.807) is 0 Å². The van der Waals surface area contributed by atoms with Gasteiger partial charge in [0.15, 0.2) is 17.5 Å². The largest absolute Gasteiger partial charge is 0.455 e. The molecule has 0 amide bonds. The van der Waals surface area contributed by atoms with Crippen LogP contribution in [-0.4, -0.2) is 15.0 Å². The predicted molar refractivity (Wildman–Crippen MR) is 217 cm³/mol. The molecule has 0 N–H and O–H groups in total. The summed E-state index contributed by atoms with van der Waals surface area (Å²) in [5, 5.41) is 6.50. The second-order valence-electron chi connectivity index (χ2n) is 12.7. The van der Waals surface area contributed by atoms with Crippen molar-refractivity contribution in [2.45, 2.75) is 0 Å². The number of hydrogen-bond acceptors (Lipinski definition) is 5. The Bertz CT molecular complexity index is 3550. The summed E-state index contributed by atoms with van der Waals surface area (Å²) in [5.41, 5.74) is 4.11. The van der Waals surface area contributed by atoms with Crippen LogP contribution in [-0.2, 0) is 0 Å². The van der Waals surface area contributed by atoms with Crippen LogP contribution in [0.25, 0.3) is 109 Å². The molecule has 11 rings (SSSR count). The van der Waals surface area contributed by atoms with Crippen molar-refractivity contribution in [3.05, 3.63) is 164 Å². The molecule has 0 fully saturated rings. The first-order valence-electron chi connectivity index (χ1n) is 19.9. The van der Waals surface area contributed by atoms with E-state index in [9.17, 15) is 4.11 Å². The van der Waals surface area contributed by atoms with Gasteiger partial charge in [0, 0.05) is 53.0 Å². The summed E-state index contributed by atoms with van der Waals surface area (Å²) in [6.07, 6.45) is 0. The Hall–Kier alpha value is -6.69. The van der Waals surface area contributed by atoms with E-state index in [1.165, 1.54) is 11.3 Å². The highest BCUT2D eigenvalue weighted by atomic mass is 32.1. The molecular formula is C47H27N3OS. The number of rotatable bonds is 4. The quantitative estimate of drug-likeness (QED) is 0.185. The van der Waals surface area contributed by atoms with Crippen molar-refractivity contribution in [1.82, 2.24) is 15.0 Å². The van der Waals surface area contributed by atoms with Crippen LogP contribution in [0.4, 0.5) is 0 Å². The lowest BCUT2D eigenvalue weighted by Crippen LogP contribution is -2.00. The number of nitrogens with zero attached hydrogens (tertiary/aromatic N) is 3. The fourth-order valence-corrected chi connectivity index (χ4v) is 8.19. The molecule has 8 aromatic carbocycles. The van der Waals surface area contributed by atoms with Crippen LogP contribution < -0.4 is 0 Å². The minimum absolute atomic E-state index is 0.0565. The van der Waals surface area contributed by atoms with Gasteiger partial charge >= 0.3 is 0 Å². The Balaban J connectivity index is 1.18. The Kier molecular flexibility index (Phi) is 5.20. The van der Waals surface area contributed by atoms with E-state index in [-0.39, 0.29) is 53.0 Å². The second-order valence-corrected chi connectivity index (χ2v) is 13.7. The summed E-state index contributed by atoms with van der Waals surface area (Å²) in [5.74, 6) is 0.730. The third-order valence-electron chi connectivity index (χ3n) is 9.61. The average molecular weight is 688 g/mol. The van der Waals surface area contributed by atoms with Gasteiger partial charge in [-0.05, 0) is 63.7 Å². The minimum atomic E-state index is -0.274. The van der Waals surface area contributed by atoms with E-state index in [1.807, 2.05) is 109 Å². The molecule has 0 spiro atoms. The van der Waals surface area contributed by atoms with Crippen LogP contribution in [0.5, 0.6) is 0 Å². The first-order valence-corrected chi connectivity index (χ1v) is 17.7. The Morgan fingerprint density at radius 2 is 1.19 bits per heavy atom. The van der Waals surface area contributed by atoms with Gasteiger partial charge in [-0.3, -0.25) is 0 Å². The molecule has 0 aliphatic heterocycles. The van der Waals surface area contributed by atoms with Gasteiger partial charge < -0.3 is 4.42 Å². The van der Waals surface area contributed by atoms with Crippen molar-refractivity contribution in [3.8, 4) is 45.3 Å². The molecule has 0 saturated carbocycles. The first kappa shape index (κ1) is 23.7. The van der Waals surface area contributed by atoms with Gasteiger partial charge in [0.05, 0.1) is 8.22 Å². The smallest absolute Gasteiger partial charge is 0.164 e. The van der Waals surface area contributed by atoms with Gasteiger partial charge in [-0.25, -0.2) is 15.0 Å². The van der Waals surface area contributed by atoms with Gasteiger partial charge in [0.2, 0.25) is 0 Å². The maximum atomic E-state index is 9.64. The van der Waals surface area contributed by atoms with Crippen molar-refractivity contribution in [2.24, 2.45) is 0 Å². The molecule has 0 radical (unpaired) electrons. The number of hydrogen-bond donors (Lipinski definition) is 0. The number of benzene rings is 8. The van der Waals surface area contributed by atoms with Crippen molar-refractivity contribution in [3.63, 3.8) is 0 Å². The number of furan rings is 1. The molecular weight excluding hydrogens is 655 g/mol. The van der Waals surface area contributed by atoms with E-state index in [2.05, 4.69) is 18.2 Å². The number of thiophene rings is 1. The molecule has 3 heterocycles. The van der Waals surface area contributed by atoms with Crippen LogP contribution >= 0.6 is 11.3 Å². The third kappa shape index (κ3) is 4.64. The van der Waals surface area contributed by atoms with Gasteiger partial charge in [-0.15, -0.1) is 11.3 Å². The summed E-state index contributed by atoms with van der Waals surface area (Å²) >= 11 is 1.19. The highest BCUT2D eigenvalue weighted by molar-refractivity contribution is 7.26. The monoisotopic (exact) mass is 687 g/mol. The maximum absolute atomic E-state index is 9.64. The first-order chi connectivity index (χ1) is 28.2. The highest BCUT2D eigenvalue weighted by Gasteiger charge is 2.17. The molecule has 4 nitrogen and oxygen atoms in total. The zero-order valence-electron chi connectivity index (χ0n) is 33.3. The molecule has 3 aromatic heterocycles. The van der Waals surface area contributed by atoms with Crippen molar-refractivity contribution in [2.75, 3.05) is 0 Å². The standard InChI is InChI=1S/C47H27N3OS/c1-2-10-29(11-3-1)36-15-8-16-39-37-22-20-34(27-42(37)52-44(36)39)47-49-45(32-18-17-28-9-4-5-13-31(28)25-32)48-46(50-47)33-21-24-41-40(26-33)38-23-19-30-12-6-7-14-35(30)43(38)51-41/h1-27H/i8D,15D,16D,20D,22D,27D. The minimum Gasteiger partial charge on any atom is -0.455 e. The summed E-state index contributed by atoms with van der Waals surface area (Å²) in [7, 11) is 0. The highest BCUT2D eigenvalue weighted by Crippen LogP contribution is 2.42. The van der Waals surface area contributed by atoms with Crippen molar-refractivity contribution < 1.29 is 12.6 Å². The lowest BCUT2D eigenvalue weighted by Gasteiger charge is -2.09. The van der Waals surface area contributed by atoms with E-state index in [0.717, 1.165) is 37.9 Å². The average Bonchev–Trinajstić information content (AvgIpc) is 3.85. The molecule has 11 aromatic rings. The fourth-order valence-electron chi connectivity index (χ4n) is 7.05. The zero-order valence-corrected chi connectivity index (χ0v) is 28.1. The maximum Gasteiger partial charge on any atom is 0.164 e. The van der Waals surface area contributed by atoms with Crippen molar-refractivity contribution in [1.29, 1.82) is 0 Å². The summed E-state index contributed by atoms with van der Waals surface area (Å²) in [6, 6.07) is 40.1. The molecule has 0 saturated heterocycles. The molecule has 0 unspecified atom stereocenters. The Morgan fingerprint density at radius 1 is 0.481 bits per heavy atom. The van der Waals surface area contributed by atoms with Crippen LogP contribution in [0.2, 0.25) is 0 Å². The molecule has 0 bridgehead atoms. The predicted octanol–water partition coefficient (Wildman–Crippen LogP) is 13.1. The second kappa shape index (κ2) is 11.4. The fraction of sp³-hybridized carbons (Fsp3) is 0. The van der Waals surface area contributed by atoms with Crippen LogP contribution in [0, 0.1) is 0 Å². The Morgan fingerprint density at radius 3 is 2.06 bits per heavy atom. The van der Waals surface area contributed by atoms with E-state index >= 15 is 0 Å². The van der Waals surface area contributed by atoms with E-state index < -0.39 is 0 Å². The summed E-state index contributed by atoms with van der Waals surface area (Å²) in [4.78, 5) is 14.9. The van der Waals surface area contributed by atoms with Gasteiger partial charge in [-0.1, -0.05) is 127 Å². The molecule has 5 heteroatoms. The molecule has 52 heavy (non-hydrogen) atoms. The third-order valence-corrected chi connectivity index (χ3v) is 10.7. The van der Waals surface area contributed by atoms with Crippen LogP contribution in [0.15, 0.2) is 168 Å². The summed E-state index contributed by atoms with van der Waals surface area (Å²) < 4.78 is 62.2. The SMILES string of the molecule is [2H]c1c([2H])c([2H])c2c(sc3c([2H])c(-c4nc(-c5ccc6ccccc6c5)nc(-c5ccc6oc7c8ccccc8ccc7c6c5)n4)c([2H])c([2H])c32)c1-c1ccccc1. The van der Waals surface area contributed by atoms with Crippen LogP contribution in [0.1, 0.15) is 8.22 Å². The lowest BCUT2D eigenvalue weighted by atomic mass is 10.0. The molecule has 242 valence electrons. The molecule has 0 aliphatic carbocycles. The van der Waals surface area contributed by atoms with Crippen LogP contribution in [0.3, 0.4) is 0 Å². The van der Waals surface area contributed by atoms with Gasteiger partial charge in [-0.2, -0.15) is 0 Å². The summed E-state index contributed by atoms with van der Waals surface area (Å²) in [6.45, 7) is 0. The van der Waals surface area contributed by atoms with Gasteiger partial charge in [0.25, 0.3) is 0 Å². The number of fused-ring (bicyclic) bond motifs is 9. The lowest BCUT2D eigenvalue weighted by molar-refractivity contribution is 0.672. The Labute approximate surface area is 310 Å². The number of aromatic nitrogens is 3. The molecule has 0 aliphatic rings. The normalized spacial score (nSPS) is 13.5. The van der Waals surface area contributed by atoms with Crippen molar-refractivity contribution >= 4 is 75.0 Å². The molecule has 0 atom stereocenters. The zero-order chi connectivity index (χ0) is 39.4.